The highest BCUT2D eigenvalue weighted by atomic mass is 35.5. The third-order valence-electron chi connectivity index (χ3n) is 9.90. The quantitative estimate of drug-likeness (QED) is 0.171. The molecular weight excluding hydrogens is 673 g/mol. The van der Waals surface area contributed by atoms with Crippen LogP contribution in [0, 0.1) is 0 Å². The maximum atomic E-state index is 11.7. The van der Waals surface area contributed by atoms with Gasteiger partial charge in [0.1, 0.15) is 5.75 Å². The minimum atomic E-state index is 0.139. The summed E-state index contributed by atoms with van der Waals surface area (Å²) in [5.41, 5.74) is 6.59. The molecule has 0 saturated carbocycles. The lowest BCUT2D eigenvalue weighted by Gasteiger charge is -2.32. The fourth-order valence-electron chi connectivity index (χ4n) is 6.92. The Labute approximate surface area is 304 Å². The van der Waals surface area contributed by atoms with E-state index < -0.39 is 0 Å². The number of aromatic nitrogens is 2. The molecule has 264 valence electrons. The number of carbonyl (C=O) groups excluding carboxylic acids is 1. The first-order valence-corrected chi connectivity index (χ1v) is 17.9. The lowest BCUT2D eigenvalue weighted by atomic mass is 9.99. The Bertz CT molecular complexity index is 1810. The van der Waals surface area contributed by atoms with Crippen molar-refractivity contribution in [3.8, 4) is 45.3 Å². The van der Waals surface area contributed by atoms with Crippen LogP contribution >= 0.6 is 23.2 Å². The maximum absolute atomic E-state index is 11.7. The first kappa shape index (κ1) is 36.1. The molecule has 0 radical (unpaired) electrons. The summed E-state index contributed by atoms with van der Waals surface area (Å²) in [5, 5.41) is 4.67. The van der Waals surface area contributed by atoms with E-state index in [9.17, 15) is 4.79 Å². The summed E-state index contributed by atoms with van der Waals surface area (Å²) in [6, 6.07) is 18.7. The Morgan fingerprint density at radius 1 is 0.940 bits per heavy atom. The van der Waals surface area contributed by atoms with Crippen LogP contribution in [-0.4, -0.2) is 85.3 Å². The van der Waals surface area contributed by atoms with E-state index in [1.165, 1.54) is 0 Å². The molecule has 2 aliphatic rings. The number of rotatable bonds is 11. The third kappa shape index (κ3) is 8.08. The highest BCUT2D eigenvalue weighted by Crippen LogP contribution is 2.42. The van der Waals surface area contributed by atoms with E-state index in [-0.39, 0.29) is 5.91 Å². The summed E-state index contributed by atoms with van der Waals surface area (Å²) >= 11 is 14.2. The van der Waals surface area contributed by atoms with Crippen molar-refractivity contribution in [1.29, 1.82) is 0 Å². The molecule has 0 unspecified atom stereocenters. The molecule has 50 heavy (non-hydrogen) atoms. The molecule has 2 saturated heterocycles. The summed E-state index contributed by atoms with van der Waals surface area (Å²) < 4.78 is 17.1. The molecule has 2 fully saturated rings. The molecule has 0 atom stereocenters. The van der Waals surface area contributed by atoms with Crippen LogP contribution < -0.4 is 14.8 Å². The highest BCUT2D eigenvalue weighted by Gasteiger charge is 2.23. The molecule has 2 aromatic carbocycles. The van der Waals surface area contributed by atoms with Gasteiger partial charge in [-0.05, 0) is 50.9 Å². The number of pyridine rings is 2. The summed E-state index contributed by atoms with van der Waals surface area (Å²) in [6.07, 6.45) is 5.65. The monoisotopic (exact) mass is 717 g/mol. The summed E-state index contributed by atoms with van der Waals surface area (Å²) in [6.45, 7) is 6.17. The van der Waals surface area contributed by atoms with Crippen LogP contribution in [0.1, 0.15) is 43.7 Å². The van der Waals surface area contributed by atoms with Crippen molar-refractivity contribution in [1.82, 2.24) is 25.1 Å². The Morgan fingerprint density at radius 2 is 1.66 bits per heavy atom. The van der Waals surface area contributed by atoms with Crippen LogP contribution in [0.2, 0.25) is 10.0 Å². The normalized spacial score (nSPS) is 15.8. The van der Waals surface area contributed by atoms with Crippen molar-refractivity contribution in [2.75, 3.05) is 47.6 Å². The van der Waals surface area contributed by atoms with Crippen LogP contribution in [-0.2, 0) is 22.6 Å². The summed E-state index contributed by atoms with van der Waals surface area (Å²) in [5.74, 6) is 1.47. The molecule has 0 bridgehead atoms. The molecule has 4 heterocycles. The molecule has 0 spiro atoms. The molecule has 1 amide bonds. The van der Waals surface area contributed by atoms with Gasteiger partial charge in [0.15, 0.2) is 0 Å². The van der Waals surface area contributed by atoms with E-state index in [0.29, 0.717) is 40.2 Å². The van der Waals surface area contributed by atoms with Gasteiger partial charge in [-0.1, -0.05) is 59.6 Å². The zero-order valence-electron chi connectivity index (χ0n) is 29.2. The number of hydrogen-bond acceptors (Lipinski definition) is 8. The summed E-state index contributed by atoms with van der Waals surface area (Å²) in [7, 11) is 5.46. The smallest absolute Gasteiger partial charge is 0.219 e. The zero-order chi connectivity index (χ0) is 35.2. The number of nitrogens with one attached hydrogen (secondary N) is 1. The van der Waals surface area contributed by atoms with Crippen molar-refractivity contribution in [3.05, 3.63) is 82.0 Å². The minimum absolute atomic E-state index is 0.139. The summed E-state index contributed by atoms with van der Waals surface area (Å²) in [4.78, 5) is 25.5. The van der Waals surface area contributed by atoms with Gasteiger partial charge in [-0.3, -0.25) is 14.7 Å². The van der Waals surface area contributed by atoms with Crippen LogP contribution in [0.3, 0.4) is 0 Å². The largest absolute Gasteiger partial charge is 0.496 e. The number of benzene rings is 2. The van der Waals surface area contributed by atoms with Crippen LogP contribution in [0.4, 0.5) is 0 Å². The van der Waals surface area contributed by atoms with Gasteiger partial charge in [-0.2, -0.15) is 0 Å². The van der Waals surface area contributed by atoms with Crippen molar-refractivity contribution in [3.63, 3.8) is 0 Å². The lowest BCUT2D eigenvalue weighted by Crippen LogP contribution is -2.43. The number of carbonyl (C=O) groups is 1. The molecule has 2 aromatic heterocycles. The Hall–Kier alpha value is -3.73. The predicted octanol–water partition coefficient (Wildman–Crippen LogP) is 7.51. The maximum Gasteiger partial charge on any atom is 0.219 e. The van der Waals surface area contributed by atoms with Gasteiger partial charge >= 0.3 is 0 Å². The standard InChI is InChI=1S/C39H45Cl2N5O4/c1-25(47)46-18-13-29(14-19-46)43-23-27-9-8-26(22-35(27)48-3)38-37(41)32(12-17-42-38)31-6-5-7-33(36(31)40)34-11-10-28(39(44-34)49-4)24-45(2)30-15-20-50-21-16-30/h5-12,17,22,29-30,43H,13-16,18-21,23-24H2,1-4H3. The van der Waals surface area contributed by atoms with Gasteiger partial charge in [0.05, 0.1) is 35.7 Å². The predicted molar refractivity (Wildman–Crippen MR) is 199 cm³/mol. The first-order valence-electron chi connectivity index (χ1n) is 17.2. The second kappa shape index (κ2) is 16.5. The first-order chi connectivity index (χ1) is 24.3. The zero-order valence-corrected chi connectivity index (χ0v) is 30.7. The highest BCUT2D eigenvalue weighted by molar-refractivity contribution is 6.39. The second-order valence-corrected chi connectivity index (χ2v) is 13.8. The number of amides is 1. The number of piperidine rings is 1. The van der Waals surface area contributed by atoms with E-state index >= 15 is 0 Å². The van der Waals surface area contributed by atoms with E-state index in [4.69, 9.17) is 42.4 Å². The van der Waals surface area contributed by atoms with Crippen LogP contribution in [0.5, 0.6) is 11.6 Å². The third-order valence-corrected chi connectivity index (χ3v) is 10.7. The van der Waals surface area contributed by atoms with Crippen LogP contribution in [0.25, 0.3) is 33.6 Å². The number of hydrogen-bond donors (Lipinski definition) is 1. The van der Waals surface area contributed by atoms with E-state index in [1.807, 2.05) is 53.4 Å². The molecule has 11 heteroatoms. The van der Waals surface area contributed by atoms with Gasteiger partial charge in [0, 0.05) is 98.0 Å². The van der Waals surface area contributed by atoms with E-state index in [1.54, 1.807) is 27.3 Å². The number of nitrogens with zero attached hydrogens (tertiary/aromatic N) is 4. The SMILES string of the molecule is COc1cc(-c2nccc(-c3cccc(-c4ccc(CN(C)C5CCOCC5)c(OC)n4)c3Cl)c2Cl)ccc1CNC1CCN(C(C)=O)CC1. The number of halogens is 2. The fourth-order valence-corrected chi connectivity index (χ4v) is 7.57. The van der Waals surface area contributed by atoms with Crippen molar-refractivity contribution in [2.45, 2.75) is 57.8 Å². The molecular formula is C39H45Cl2N5O4. The number of ether oxygens (including phenoxy) is 3. The number of likely N-dealkylation sites (tertiary alicyclic amines) is 1. The minimum Gasteiger partial charge on any atom is -0.496 e. The molecule has 4 aromatic rings. The fraction of sp³-hybridized carbons (Fsp3) is 0.410. The van der Waals surface area contributed by atoms with E-state index in [0.717, 1.165) is 103 Å². The molecule has 9 nitrogen and oxygen atoms in total. The van der Waals surface area contributed by atoms with Gasteiger partial charge in [-0.25, -0.2) is 4.98 Å². The average molecular weight is 719 g/mol. The second-order valence-electron chi connectivity index (χ2n) is 13.0. The lowest BCUT2D eigenvalue weighted by molar-refractivity contribution is -0.129. The van der Waals surface area contributed by atoms with Gasteiger partial charge in [-0.15, -0.1) is 0 Å². The van der Waals surface area contributed by atoms with E-state index in [2.05, 4.69) is 28.3 Å². The average Bonchev–Trinajstić information content (AvgIpc) is 3.15. The Morgan fingerprint density at radius 3 is 2.38 bits per heavy atom. The molecule has 6 rings (SSSR count). The Balaban J connectivity index is 1.21. The van der Waals surface area contributed by atoms with Crippen molar-refractivity contribution < 1.29 is 19.0 Å². The van der Waals surface area contributed by atoms with Crippen LogP contribution in [0.15, 0.2) is 60.8 Å². The molecule has 0 aliphatic carbocycles. The van der Waals surface area contributed by atoms with Gasteiger partial charge < -0.3 is 24.4 Å². The van der Waals surface area contributed by atoms with Gasteiger partial charge in [0.2, 0.25) is 11.8 Å². The van der Waals surface area contributed by atoms with Crippen molar-refractivity contribution >= 4 is 29.1 Å². The Kier molecular flexibility index (Phi) is 11.9. The number of methoxy groups -OCH3 is 2. The molecule has 1 N–H and O–H groups in total. The topological polar surface area (TPSA) is 89.1 Å². The van der Waals surface area contributed by atoms with Gasteiger partial charge in [0.25, 0.3) is 0 Å². The molecule has 2 aliphatic heterocycles. The van der Waals surface area contributed by atoms with Crippen molar-refractivity contribution in [2.24, 2.45) is 0 Å².